The quantitative estimate of drug-likeness (QED) is 0.620. The second-order valence-electron chi connectivity index (χ2n) is 3.07. The molecule has 0 aliphatic carbocycles. The highest BCUT2D eigenvalue weighted by molar-refractivity contribution is 5.66. The maximum atomic E-state index is 10.1. The first-order valence-corrected chi connectivity index (χ1v) is 4.11. The molecule has 0 rings (SSSR count). The maximum Gasteiger partial charge on any atom is 0.303 e. The highest BCUT2D eigenvalue weighted by atomic mass is 16.5. The fraction of sp³-hybridized carbons (Fsp3) is 0.875. The van der Waals surface area contributed by atoms with Crippen molar-refractivity contribution in [1.82, 2.24) is 0 Å². The van der Waals surface area contributed by atoms with Gasteiger partial charge in [0, 0.05) is 12.5 Å². The molecule has 4 nitrogen and oxygen atoms in total. The van der Waals surface area contributed by atoms with Crippen LogP contribution in [0.25, 0.3) is 0 Å². The number of rotatable bonds is 6. The van der Waals surface area contributed by atoms with Crippen LogP contribution >= 0.6 is 0 Å². The molecule has 0 aromatic rings. The fourth-order valence-corrected chi connectivity index (χ4v) is 0.708. The lowest BCUT2D eigenvalue weighted by Gasteiger charge is -2.12. The molecule has 3 N–H and O–H groups in total. The molecule has 0 aliphatic heterocycles. The molecule has 0 heterocycles. The van der Waals surface area contributed by atoms with Crippen LogP contribution in [0.4, 0.5) is 0 Å². The third-order valence-electron chi connectivity index (χ3n) is 1.37. The summed E-state index contributed by atoms with van der Waals surface area (Å²) in [6.45, 7) is 4.28. The topological polar surface area (TPSA) is 72.5 Å². The van der Waals surface area contributed by atoms with Gasteiger partial charge in [-0.25, -0.2) is 0 Å². The van der Waals surface area contributed by atoms with Gasteiger partial charge in [0.2, 0.25) is 0 Å². The average Bonchev–Trinajstić information content (AvgIpc) is 1.96. The van der Waals surface area contributed by atoms with Crippen molar-refractivity contribution in [1.29, 1.82) is 0 Å². The second kappa shape index (κ2) is 5.97. The van der Waals surface area contributed by atoms with Gasteiger partial charge in [0.05, 0.1) is 12.7 Å². The molecule has 72 valence electrons. The number of nitrogens with two attached hydrogens (primary N) is 1. The van der Waals surface area contributed by atoms with Crippen LogP contribution in [-0.4, -0.2) is 29.8 Å². The van der Waals surface area contributed by atoms with Crippen LogP contribution in [0.1, 0.15) is 26.7 Å². The molecule has 4 heteroatoms. The first kappa shape index (κ1) is 11.4. The first-order chi connectivity index (χ1) is 5.52. The summed E-state index contributed by atoms with van der Waals surface area (Å²) in [5, 5.41) is 8.34. The van der Waals surface area contributed by atoms with Gasteiger partial charge < -0.3 is 15.6 Å². The summed E-state index contributed by atoms with van der Waals surface area (Å²) >= 11 is 0. The van der Waals surface area contributed by atoms with Gasteiger partial charge in [-0.05, 0) is 20.3 Å². The molecular weight excluding hydrogens is 158 g/mol. The summed E-state index contributed by atoms with van der Waals surface area (Å²) in [7, 11) is 0. The van der Waals surface area contributed by atoms with E-state index in [9.17, 15) is 4.79 Å². The van der Waals surface area contributed by atoms with Crippen molar-refractivity contribution in [2.75, 3.05) is 6.61 Å². The van der Waals surface area contributed by atoms with E-state index in [1.54, 1.807) is 0 Å². The number of aliphatic carboxylic acids is 1. The number of carboxylic acid groups (broad SMARTS) is 1. The third-order valence-corrected chi connectivity index (χ3v) is 1.37. The summed E-state index contributed by atoms with van der Waals surface area (Å²) in [4.78, 5) is 10.1. The standard InChI is InChI=1S/C8H17NO3/c1-6(2)12-5-7(9)3-4-8(10)11/h6-7H,3-5,9H2,1-2H3,(H,10,11). The molecule has 0 aromatic heterocycles. The molecule has 12 heavy (non-hydrogen) atoms. The van der Waals surface area contributed by atoms with Gasteiger partial charge in [0.1, 0.15) is 0 Å². The zero-order chi connectivity index (χ0) is 9.56. The Bertz CT molecular complexity index is 136. The molecule has 0 saturated heterocycles. The predicted molar refractivity (Wildman–Crippen MR) is 45.9 cm³/mol. The van der Waals surface area contributed by atoms with E-state index >= 15 is 0 Å². The van der Waals surface area contributed by atoms with Crippen molar-refractivity contribution in [2.24, 2.45) is 5.73 Å². The van der Waals surface area contributed by atoms with Crippen molar-refractivity contribution in [3.05, 3.63) is 0 Å². The van der Waals surface area contributed by atoms with Crippen LogP contribution in [0.3, 0.4) is 0 Å². The highest BCUT2D eigenvalue weighted by Gasteiger charge is 2.06. The molecule has 1 atom stereocenters. The lowest BCUT2D eigenvalue weighted by Crippen LogP contribution is -2.28. The zero-order valence-corrected chi connectivity index (χ0v) is 7.62. The Morgan fingerprint density at radius 1 is 1.58 bits per heavy atom. The van der Waals surface area contributed by atoms with Crippen molar-refractivity contribution in [3.8, 4) is 0 Å². The molecule has 0 bridgehead atoms. The van der Waals surface area contributed by atoms with E-state index in [1.807, 2.05) is 13.8 Å². The summed E-state index contributed by atoms with van der Waals surface area (Å²) in [6, 6.07) is -0.163. The van der Waals surface area contributed by atoms with Gasteiger partial charge in [-0.3, -0.25) is 4.79 Å². The maximum absolute atomic E-state index is 10.1. The SMILES string of the molecule is CC(C)OCC(N)CCC(=O)O. The van der Waals surface area contributed by atoms with Crippen molar-refractivity contribution < 1.29 is 14.6 Å². The van der Waals surface area contributed by atoms with Gasteiger partial charge in [-0.2, -0.15) is 0 Å². The van der Waals surface area contributed by atoms with Crippen LogP contribution in [0.15, 0.2) is 0 Å². The first-order valence-electron chi connectivity index (χ1n) is 4.11. The average molecular weight is 175 g/mol. The largest absolute Gasteiger partial charge is 0.481 e. The molecule has 0 fully saturated rings. The summed E-state index contributed by atoms with van der Waals surface area (Å²) in [5.74, 6) is -0.810. The summed E-state index contributed by atoms with van der Waals surface area (Å²) < 4.78 is 5.22. The Hall–Kier alpha value is -0.610. The van der Waals surface area contributed by atoms with E-state index in [4.69, 9.17) is 15.6 Å². The Labute approximate surface area is 72.7 Å². The lowest BCUT2D eigenvalue weighted by molar-refractivity contribution is -0.137. The molecule has 0 saturated carbocycles. The number of carbonyl (C=O) groups is 1. The minimum atomic E-state index is -0.810. The number of ether oxygens (including phenoxy) is 1. The molecular formula is C8H17NO3. The lowest BCUT2D eigenvalue weighted by atomic mass is 10.2. The van der Waals surface area contributed by atoms with E-state index in [0.29, 0.717) is 13.0 Å². The monoisotopic (exact) mass is 175 g/mol. The number of hydrogen-bond acceptors (Lipinski definition) is 3. The molecule has 0 aromatic carbocycles. The molecule has 0 spiro atoms. The molecule has 0 aliphatic rings. The van der Waals surface area contributed by atoms with Crippen LogP contribution in [-0.2, 0) is 9.53 Å². The van der Waals surface area contributed by atoms with Crippen LogP contribution in [0.2, 0.25) is 0 Å². The van der Waals surface area contributed by atoms with Gasteiger partial charge in [-0.1, -0.05) is 0 Å². The van der Waals surface area contributed by atoms with Crippen LogP contribution < -0.4 is 5.73 Å². The molecule has 1 unspecified atom stereocenters. The Morgan fingerprint density at radius 2 is 2.17 bits per heavy atom. The Morgan fingerprint density at radius 3 is 2.58 bits per heavy atom. The fourth-order valence-electron chi connectivity index (χ4n) is 0.708. The Kier molecular flexibility index (Phi) is 5.66. The van der Waals surface area contributed by atoms with E-state index in [0.717, 1.165) is 0 Å². The molecule has 0 radical (unpaired) electrons. The normalized spacial score (nSPS) is 13.3. The van der Waals surface area contributed by atoms with E-state index in [1.165, 1.54) is 0 Å². The van der Waals surface area contributed by atoms with Gasteiger partial charge in [0.15, 0.2) is 0 Å². The van der Waals surface area contributed by atoms with Gasteiger partial charge >= 0.3 is 5.97 Å². The van der Waals surface area contributed by atoms with E-state index in [-0.39, 0.29) is 18.6 Å². The predicted octanol–water partition coefficient (Wildman–Crippen LogP) is 0.603. The van der Waals surface area contributed by atoms with Gasteiger partial charge in [-0.15, -0.1) is 0 Å². The number of hydrogen-bond donors (Lipinski definition) is 2. The number of carboxylic acids is 1. The van der Waals surface area contributed by atoms with Crippen molar-refractivity contribution in [3.63, 3.8) is 0 Å². The summed E-state index contributed by atoms with van der Waals surface area (Å²) in [6.07, 6.45) is 0.742. The summed E-state index contributed by atoms with van der Waals surface area (Å²) in [5.41, 5.74) is 5.58. The smallest absolute Gasteiger partial charge is 0.303 e. The van der Waals surface area contributed by atoms with E-state index < -0.39 is 5.97 Å². The highest BCUT2D eigenvalue weighted by Crippen LogP contribution is 1.97. The Balaban J connectivity index is 3.33. The second-order valence-corrected chi connectivity index (χ2v) is 3.07. The minimum absolute atomic E-state index is 0.114. The van der Waals surface area contributed by atoms with Gasteiger partial charge in [0.25, 0.3) is 0 Å². The molecule has 0 amide bonds. The minimum Gasteiger partial charge on any atom is -0.481 e. The van der Waals surface area contributed by atoms with Crippen molar-refractivity contribution >= 4 is 5.97 Å². The zero-order valence-electron chi connectivity index (χ0n) is 7.62. The van der Waals surface area contributed by atoms with Crippen LogP contribution in [0, 0.1) is 0 Å². The van der Waals surface area contributed by atoms with Crippen LogP contribution in [0.5, 0.6) is 0 Å². The third kappa shape index (κ3) is 7.50. The van der Waals surface area contributed by atoms with Crippen molar-refractivity contribution in [2.45, 2.75) is 38.8 Å². The van der Waals surface area contributed by atoms with E-state index in [2.05, 4.69) is 0 Å².